The summed E-state index contributed by atoms with van der Waals surface area (Å²) in [5.74, 6) is 0. The topological polar surface area (TPSA) is 49.7 Å². The number of hydrogen-bond donors (Lipinski definition) is 2. The molecular weight excluding hydrogens is 331 g/mol. The Morgan fingerprint density at radius 1 is 1.29 bits per heavy atom. The molecule has 4 heteroatoms. The Labute approximate surface area is 114 Å². The van der Waals surface area contributed by atoms with Gasteiger partial charge in [-0.3, -0.25) is 0 Å². The van der Waals surface area contributed by atoms with Crippen LogP contribution in [0.25, 0.3) is 0 Å². The second-order valence-corrected chi connectivity index (χ2v) is 5.33. The lowest BCUT2D eigenvalue weighted by Crippen LogP contribution is -2.24. The van der Waals surface area contributed by atoms with Crippen molar-refractivity contribution in [1.82, 2.24) is 0 Å². The SMILES string of the molecule is OC[C@H]1O[C@@H](C2=C/C=C(I)\C=C/C=C\2)C[C@H]1O. The number of ether oxygens (including phenoxy) is 1. The van der Waals surface area contributed by atoms with E-state index in [0.29, 0.717) is 6.42 Å². The van der Waals surface area contributed by atoms with Crippen LogP contribution in [-0.2, 0) is 4.74 Å². The number of allylic oxidation sites excluding steroid dienone is 6. The van der Waals surface area contributed by atoms with Crippen molar-refractivity contribution in [3.63, 3.8) is 0 Å². The zero-order valence-electron chi connectivity index (χ0n) is 9.29. The van der Waals surface area contributed by atoms with E-state index >= 15 is 0 Å². The third-order valence-corrected chi connectivity index (χ3v) is 3.58. The second-order valence-electron chi connectivity index (χ2n) is 4.09. The maximum absolute atomic E-state index is 9.70. The molecule has 0 aromatic carbocycles. The lowest BCUT2D eigenvalue weighted by Gasteiger charge is -2.13. The van der Waals surface area contributed by atoms with Crippen molar-refractivity contribution in [2.45, 2.75) is 24.7 Å². The molecule has 0 spiro atoms. The molecule has 0 aromatic heterocycles. The van der Waals surface area contributed by atoms with Crippen LogP contribution in [0.5, 0.6) is 0 Å². The fourth-order valence-electron chi connectivity index (χ4n) is 1.92. The Kier molecular flexibility index (Phi) is 4.55. The van der Waals surface area contributed by atoms with Gasteiger partial charge in [0.05, 0.1) is 18.8 Å². The minimum absolute atomic E-state index is 0.134. The van der Waals surface area contributed by atoms with Crippen molar-refractivity contribution in [3.05, 3.63) is 45.6 Å². The van der Waals surface area contributed by atoms with Crippen LogP contribution in [0.15, 0.2) is 45.6 Å². The van der Waals surface area contributed by atoms with Crippen LogP contribution >= 0.6 is 22.6 Å². The second kappa shape index (κ2) is 5.95. The molecule has 1 heterocycles. The largest absolute Gasteiger partial charge is 0.394 e. The highest BCUT2D eigenvalue weighted by molar-refractivity contribution is 14.1. The predicted octanol–water partition coefficient (Wildman–Crippen LogP) is 1.87. The third-order valence-electron chi connectivity index (χ3n) is 2.87. The van der Waals surface area contributed by atoms with Gasteiger partial charge in [0.25, 0.3) is 0 Å². The summed E-state index contributed by atoms with van der Waals surface area (Å²) in [6, 6.07) is 0. The molecule has 2 aliphatic rings. The highest BCUT2D eigenvalue weighted by atomic mass is 127. The van der Waals surface area contributed by atoms with Crippen LogP contribution in [0.2, 0.25) is 0 Å². The van der Waals surface area contributed by atoms with Gasteiger partial charge < -0.3 is 14.9 Å². The van der Waals surface area contributed by atoms with Crippen molar-refractivity contribution in [1.29, 1.82) is 0 Å². The van der Waals surface area contributed by atoms with Crippen LogP contribution in [0, 0.1) is 0 Å². The third kappa shape index (κ3) is 3.28. The number of aliphatic hydroxyl groups excluding tert-OH is 2. The molecule has 0 radical (unpaired) electrons. The summed E-state index contributed by atoms with van der Waals surface area (Å²) in [4.78, 5) is 0. The molecule has 2 rings (SSSR count). The Hall–Kier alpha value is -0.430. The first-order valence-electron chi connectivity index (χ1n) is 5.57. The van der Waals surface area contributed by atoms with Crippen molar-refractivity contribution >= 4 is 22.6 Å². The zero-order valence-corrected chi connectivity index (χ0v) is 11.4. The fourth-order valence-corrected chi connectivity index (χ4v) is 2.31. The summed E-state index contributed by atoms with van der Waals surface area (Å²) >= 11 is 2.25. The van der Waals surface area contributed by atoms with Gasteiger partial charge in [-0.1, -0.05) is 24.3 Å². The quantitative estimate of drug-likeness (QED) is 0.751. The summed E-state index contributed by atoms with van der Waals surface area (Å²) in [5, 5.41) is 18.7. The highest BCUT2D eigenvalue weighted by Crippen LogP contribution is 2.27. The molecule has 1 aliphatic carbocycles. The summed E-state index contributed by atoms with van der Waals surface area (Å²) in [7, 11) is 0. The Morgan fingerprint density at radius 3 is 2.76 bits per heavy atom. The molecule has 0 bridgehead atoms. The van der Waals surface area contributed by atoms with Crippen molar-refractivity contribution < 1.29 is 14.9 Å². The maximum atomic E-state index is 9.70. The molecule has 1 saturated heterocycles. The van der Waals surface area contributed by atoms with E-state index in [1.54, 1.807) is 0 Å². The van der Waals surface area contributed by atoms with Gasteiger partial charge in [0.1, 0.15) is 6.10 Å². The molecule has 92 valence electrons. The summed E-state index contributed by atoms with van der Waals surface area (Å²) in [6.07, 6.45) is 11.3. The van der Waals surface area contributed by atoms with Gasteiger partial charge in [-0.05, 0) is 40.3 Å². The van der Waals surface area contributed by atoms with Crippen LogP contribution in [-0.4, -0.2) is 35.1 Å². The molecule has 1 aliphatic heterocycles. The number of rotatable bonds is 2. The van der Waals surface area contributed by atoms with Gasteiger partial charge in [0, 0.05) is 10.0 Å². The standard InChI is InChI=1S/C13H15IO3/c14-10-4-2-1-3-9(5-6-10)12-7-11(16)13(8-15)17-12/h1-6,11-13,15-16H,7-8H2/b2-1?,3-1-,4-2-,6-5?,9-3?,9-5+,10-4?,10-6+/t11-,12-,13-/m1/s1. The first-order chi connectivity index (χ1) is 8.20. The van der Waals surface area contributed by atoms with Crippen molar-refractivity contribution in [2.75, 3.05) is 6.61 Å². The van der Waals surface area contributed by atoms with Gasteiger partial charge in [-0.25, -0.2) is 0 Å². The van der Waals surface area contributed by atoms with E-state index in [9.17, 15) is 5.11 Å². The average molecular weight is 346 g/mol. The van der Waals surface area contributed by atoms with E-state index in [1.165, 1.54) is 0 Å². The van der Waals surface area contributed by atoms with Gasteiger partial charge in [-0.15, -0.1) is 0 Å². The van der Waals surface area contributed by atoms with E-state index in [-0.39, 0.29) is 12.7 Å². The van der Waals surface area contributed by atoms with Crippen molar-refractivity contribution in [3.8, 4) is 0 Å². The van der Waals surface area contributed by atoms with Gasteiger partial charge in [0.2, 0.25) is 0 Å². The monoisotopic (exact) mass is 346 g/mol. The molecule has 0 aromatic rings. The normalized spacial score (nSPS) is 42.9. The highest BCUT2D eigenvalue weighted by Gasteiger charge is 2.34. The predicted molar refractivity (Wildman–Crippen MR) is 74.8 cm³/mol. The average Bonchev–Trinajstić information content (AvgIpc) is 2.65. The molecular formula is C13H15IO3. The first kappa shape index (κ1) is 13.0. The summed E-state index contributed by atoms with van der Waals surface area (Å²) < 4.78 is 6.76. The maximum Gasteiger partial charge on any atom is 0.107 e. The number of halogens is 1. The minimum atomic E-state index is -0.580. The van der Waals surface area contributed by atoms with E-state index in [2.05, 4.69) is 22.6 Å². The lowest BCUT2D eigenvalue weighted by molar-refractivity contribution is -0.0123. The Balaban J connectivity index is 2.13. The Morgan fingerprint density at radius 2 is 2.06 bits per heavy atom. The molecule has 3 nitrogen and oxygen atoms in total. The van der Waals surface area contributed by atoms with E-state index < -0.39 is 12.2 Å². The molecule has 3 atom stereocenters. The smallest absolute Gasteiger partial charge is 0.107 e. The van der Waals surface area contributed by atoms with E-state index in [4.69, 9.17) is 9.84 Å². The lowest BCUT2D eigenvalue weighted by atomic mass is 10.0. The van der Waals surface area contributed by atoms with E-state index in [0.717, 1.165) is 9.15 Å². The molecule has 0 amide bonds. The number of aliphatic hydroxyl groups is 2. The molecule has 0 unspecified atom stereocenters. The summed E-state index contributed by atoms with van der Waals surface area (Å²) in [5.41, 5.74) is 1.03. The zero-order chi connectivity index (χ0) is 12.3. The summed E-state index contributed by atoms with van der Waals surface area (Å²) in [6.45, 7) is -0.137. The van der Waals surface area contributed by atoms with Gasteiger partial charge >= 0.3 is 0 Å². The molecule has 0 saturated carbocycles. The van der Waals surface area contributed by atoms with E-state index in [1.807, 2.05) is 36.5 Å². The van der Waals surface area contributed by atoms with Crippen LogP contribution in [0.4, 0.5) is 0 Å². The Bertz CT molecular complexity index is 395. The fraction of sp³-hybridized carbons (Fsp3) is 0.385. The number of hydrogen-bond acceptors (Lipinski definition) is 3. The van der Waals surface area contributed by atoms with Crippen LogP contribution in [0.1, 0.15) is 6.42 Å². The molecule has 17 heavy (non-hydrogen) atoms. The van der Waals surface area contributed by atoms with Crippen molar-refractivity contribution in [2.24, 2.45) is 0 Å². The van der Waals surface area contributed by atoms with Gasteiger partial charge in [-0.2, -0.15) is 0 Å². The minimum Gasteiger partial charge on any atom is -0.394 e. The first-order valence-corrected chi connectivity index (χ1v) is 6.65. The molecule has 1 fully saturated rings. The van der Waals surface area contributed by atoms with Gasteiger partial charge in [0.15, 0.2) is 0 Å². The molecule has 2 N–H and O–H groups in total. The van der Waals surface area contributed by atoms with Crippen LogP contribution in [0.3, 0.4) is 0 Å². The van der Waals surface area contributed by atoms with Crippen LogP contribution < -0.4 is 0 Å².